The Hall–Kier alpha value is -2.97. The van der Waals surface area contributed by atoms with E-state index in [-0.39, 0.29) is 6.10 Å². The van der Waals surface area contributed by atoms with Gasteiger partial charge < -0.3 is 20.3 Å². The summed E-state index contributed by atoms with van der Waals surface area (Å²) in [5.74, 6) is 0.720. The molecule has 0 spiro atoms. The van der Waals surface area contributed by atoms with E-state index in [0.29, 0.717) is 23.8 Å². The van der Waals surface area contributed by atoms with Gasteiger partial charge in [0.25, 0.3) is 0 Å². The molecular weight excluding hydrogens is 402 g/mol. The van der Waals surface area contributed by atoms with Crippen LogP contribution in [0.4, 0.5) is 11.5 Å². The molecule has 5 rings (SSSR count). The quantitative estimate of drug-likeness (QED) is 0.453. The Morgan fingerprint density at radius 1 is 1.27 bits per heavy atom. The molecule has 1 aliphatic heterocycles. The van der Waals surface area contributed by atoms with E-state index < -0.39 is 0 Å². The van der Waals surface area contributed by atoms with E-state index in [1.165, 1.54) is 6.33 Å². The molecule has 0 radical (unpaired) electrons. The molecule has 9 heteroatoms. The van der Waals surface area contributed by atoms with E-state index in [1.807, 2.05) is 18.2 Å². The molecule has 1 saturated heterocycles. The number of benzene rings is 1. The normalized spacial score (nSPS) is 17.0. The van der Waals surface area contributed by atoms with E-state index in [1.54, 1.807) is 12.5 Å². The number of piperidine rings is 1. The molecule has 1 fully saturated rings. The first-order chi connectivity index (χ1) is 14.7. The standard InChI is InChI=1S/C21H22ClN7O/c22-16-9-13(5-7-24-20-18-21(26-11-25-18)28-12-27-20)19(17-15(16)4-1-6-23-17)29-8-2-3-14(30)10-29/h1,4,6,9,11-12,14,30H,2-3,5,7-8,10H2,(H2,24,25,26,27,28). The molecule has 3 aromatic heterocycles. The third kappa shape index (κ3) is 3.53. The first-order valence-electron chi connectivity index (χ1n) is 10.1. The second kappa shape index (κ2) is 8.04. The van der Waals surface area contributed by atoms with Crippen LogP contribution in [0.25, 0.3) is 22.1 Å². The molecule has 1 aliphatic rings. The van der Waals surface area contributed by atoms with Crippen LogP contribution in [-0.4, -0.2) is 55.8 Å². The van der Waals surface area contributed by atoms with Gasteiger partial charge in [-0.25, -0.2) is 15.0 Å². The van der Waals surface area contributed by atoms with E-state index >= 15 is 0 Å². The monoisotopic (exact) mass is 423 g/mol. The van der Waals surface area contributed by atoms with Crippen molar-refractivity contribution < 1.29 is 5.11 Å². The lowest BCUT2D eigenvalue weighted by Crippen LogP contribution is -2.39. The number of anilines is 2. The number of H-pyrrole nitrogens is 1. The molecule has 154 valence electrons. The zero-order valence-corrected chi connectivity index (χ0v) is 17.1. The predicted molar refractivity (Wildman–Crippen MR) is 118 cm³/mol. The van der Waals surface area contributed by atoms with Crippen LogP contribution in [0, 0.1) is 0 Å². The highest BCUT2D eigenvalue weighted by Gasteiger charge is 2.23. The van der Waals surface area contributed by atoms with Gasteiger partial charge in [-0.3, -0.25) is 4.98 Å². The van der Waals surface area contributed by atoms with Gasteiger partial charge in [0.15, 0.2) is 11.5 Å². The average molecular weight is 424 g/mol. The van der Waals surface area contributed by atoms with E-state index in [4.69, 9.17) is 11.6 Å². The third-order valence-corrected chi connectivity index (χ3v) is 5.83. The molecule has 3 N–H and O–H groups in total. The summed E-state index contributed by atoms with van der Waals surface area (Å²) >= 11 is 6.60. The number of nitrogens with one attached hydrogen (secondary N) is 2. The summed E-state index contributed by atoms with van der Waals surface area (Å²) in [6.07, 6.45) is 7.10. The number of aliphatic hydroxyl groups excluding tert-OH is 1. The van der Waals surface area contributed by atoms with Crippen LogP contribution in [0.3, 0.4) is 0 Å². The number of aromatic amines is 1. The van der Waals surface area contributed by atoms with Crippen molar-refractivity contribution in [2.24, 2.45) is 0 Å². The van der Waals surface area contributed by atoms with Crippen LogP contribution in [0.15, 0.2) is 37.1 Å². The van der Waals surface area contributed by atoms with Crippen LogP contribution in [0.5, 0.6) is 0 Å². The number of hydrogen-bond acceptors (Lipinski definition) is 7. The van der Waals surface area contributed by atoms with Gasteiger partial charge in [0.1, 0.15) is 11.8 Å². The van der Waals surface area contributed by atoms with Crippen molar-refractivity contribution in [2.45, 2.75) is 25.4 Å². The van der Waals surface area contributed by atoms with E-state index in [0.717, 1.165) is 59.3 Å². The summed E-state index contributed by atoms with van der Waals surface area (Å²) < 4.78 is 0. The fraction of sp³-hybridized carbons (Fsp3) is 0.333. The largest absolute Gasteiger partial charge is 0.391 e. The molecule has 0 bridgehead atoms. The van der Waals surface area contributed by atoms with Crippen LogP contribution in [-0.2, 0) is 6.42 Å². The molecule has 1 aromatic carbocycles. The van der Waals surface area contributed by atoms with Crippen LogP contribution < -0.4 is 10.2 Å². The summed E-state index contributed by atoms with van der Waals surface area (Å²) in [7, 11) is 0. The molecule has 4 aromatic rings. The van der Waals surface area contributed by atoms with Gasteiger partial charge in [0.05, 0.1) is 28.7 Å². The number of nitrogens with zero attached hydrogens (tertiary/aromatic N) is 5. The summed E-state index contributed by atoms with van der Waals surface area (Å²) in [4.78, 5) is 22.6. The zero-order chi connectivity index (χ0) is 20.5. The lowest BCUT2D eigenvalue weighted by molar-refractivity contribution is 0.154. The van der Waals surface area contributed by atoms with Crippen molar-refractivity contribution in [3.8, 4) is 0 Å². The van der Waals surface area contributed by atoms with Crippen molar-refractivity contribution >= 4 is 45.2 Å². The Morgan fingerprint density at radius 2 is 2.20 bits per heavy atom. The van der Waals surface area contributed by atoms with Gasteiger partial charge in [0.2, 0.25) is 0 Å². The van der Waals surface area contributed by atoms with E-state index in [2.05, 4.69) is 35.1 Å². The van der Waals surface area contributed by atoms with Crippen molar-refractivity contribution in [3.05, 3.63) is 47.6 Å². The number of hydrogen-bond donors (Lipinski definition) is 3. The fourth-order valence-electron chi connectivity index (χ4n) is 4.15. The van der Waals surface area contributed by atoms with Crippen LogP contribution in [0.2, 0.25) is 5.02 Å². The fourth-order valence-corrected chi connectivity index (χ4v) is 4.44. The number of aromatic nitrogens is 5. The maximum atomic E-state index is 10.2. The number of aliphatic hydroxyl groups is 1. The van der Waals surface area contributed by atoms with Gasteiger partial charge in [-0.1, -0.05) is 11.6 Å². The number of pyridine rings is 1. The highest BCUT2D eigenvalue weighted by Crippen LogP contribution is 2.36. The minimum absolute atomic E-state index is 0.325. The SMILES string of the molecule is OC1CCCN(c2c(CCNc3ncnc4nc[nH]c34)cc(Cl)c3cccnc23)C1. The topological polar surface area (TPSA) is 103 Å². The van der Waals surface area contributed by atoms with Crippen molar-refractivity contribution in [1.29, 1.82) is 0 Å². The molecule has 0 saturated carbocycles. The minimum Gasteiger partial charge on any atom is -0.391 e. The molecular formula is C21H22ClN7O. The maximum absolute atomic E-state index is 10.2. The average Bonchev–Trinajstić information content (AvgIpc) is 3.24. The maximum Gasteiger partial charge on any atom is 0.182 e. The zero-order valence-electron chi connectivity index (χ0n) is 16.3. The van der Waals surface area contributed by atoms with Gasteiger partial charge in [-0.15, -0.1) is 0 Å². The smallest absolute Gasteiger partial charge is 0.182 e. The third-order valence-electron chi connectivity index (χ3n) is 5.52. The number of imidazole rings is 1. The Labute approximate surface area is 178 Å². The van der Waals surface area contributed by atoms with Gasteiger partial charge in [-0.05, 0) is 43.0 Å². The predicted octanol–water partition coefficient (Wildman–Crippen LogP) is 3.17. The molecule has 0 aliphatic carbocycles. The number of β-amino-alcohol motifs (C(OH)–C–C–N with tert-alkyl or cyclic N) is 1. The Bertz CT molecular complexity index is 1190. The highest BCUT2D eigenvalue weighted by atomic mass is 35.5. The summed E-state index contributed by atoms with van der Waals surface area (Å²) in [6.45, 7) is 2.16. The van der Waals surface area contributed by atoms with Gasteiger partial charge in [-0.2, -0.15) is 0 Å². The Kier molecular flexibility index (Phi) is 5.10. The van der Waals surface area contributed by atoms with Crippen molar-refractivity contribution in [1.82, 2.24) is 24.9 Å². The van der Waals surface area contributed by atoms with Crippen molar-refractivity contribution in [2.75, 3.05) is 29.9 Å². The minimum atomic E-state index is -0.325. The number of fused-ring (bicyclic) bond motifs is 2. The van der Waals surface area contributed by atoms with Gasteiger partial charge in [0, 0.05) is 31.2 Å². The molecule has 30 heavy (non-hydrogen) atoms. The summed E-state index contributed by atoms with van der Waals surface area (Å²) in [5, 5.41) is 15.2. The molecule has 8 nitrogen and oxygen atoms in total. The van der Waals surface area contributed by atoms with Crippen LogP contribution in [0.1, 0.15) is 18.4 Å². The lowest BCUT2D eigenvalue weighted by atomic mass is 10.0. The molecule has 1 atom stereocenters. The van der Waals surface area contributed by atoms with Gasteiger partial charge >= 0.3 is 0 Å². The molecule has 4 heterocycles. The molecule has 1 unspecified atom stereocenters. The Morgan fingerprint density at radius 3 is 3.10 bits per heavy atom. The lowest BCUT2D eigenvalue weighted by Gasteiger charge is -2.34. The number of halogens is 1. The summed E-state index contributed by atoms with van der Waals surface area (Å²) in [5.41, 5.74) is 4.46. The first kappa shape index (κ1) is 19.0. The second-order valence-electron chi connectivity index (χ2n) is 7.51. The first-order valence-corrected chi connectivity index (χ1v) is 10.5. The van der Waals surface area contributed by atoms with Crippen LogP contribution >= 0.6 is 11.6 Å². The highest BCUT2D eigenvalue weighted by molar-refractivity contribution is 6.36. The second-order valence-corrected chi connectivity index (χ2v) is 7.92. The molecule has 0 amide bonds. The van der Waals surface area contributed by atoms with E-state index in [9.17, 15) is 5.11 Å². The van der Waals surface area contributed by atoms with Crippen molar-refractivity contribution in [3.63, 3.8) is 0 Å². The Balaban J connectivity index is 1.47. The number of rotatable bonds is 5. The summed E-state index contributed by atoms with van der Waals surface area (Å²) in [6, 6.07) is 5.91.